The fourth-order valence-corrected chi connectivity index (χ4v) is 1.12. The molecule has 0 aliphatic heterocycles. The van der Waals surface area contributed by atoms with E-state index in [0.29, 0.717) is 5.92 Å². The molecule has 0 aromatic heterocycles. The zero-order valence-corrected chi connectivity index (χ0v) is 7.88. The van der Waals surface area contributed by atoms with Crippen molar-refractivity contribution in [3.8, 4) is 0 Å². The quantitative estimate of drug-likeness (QED) is 0.553. The lowest BCUT2D eigenvalue weighted by Crippen LogP contribution is -1.87. The molecule has 0 bridgehead atoms. The van der Waals surface area contributed by atoms with Gasteiger partial charge in [-0.1, -0.05) is 48.1 Å². The van der Waals surface area contributed by atoms with E-state index in [4.69, 9.17) is 0 Å². The second kappa shape index (κ2) is 4.10. The molecule has 0 heteroatoms. The summed E-state index contributed by atoms with van der Waals surface area (Å²) in [5, 5.41) is 0. The van der Waals surface area contributed by atoms with Crippen LogP contribution in [0.3, 0.4) is 0 Å². The zero-order chi connectivity index (χ0) is 8.97. The predicted molar refractivity (Wildman–Crippen MR) is 55.0 cm³/mol. The van der Waals surface area contributed by atoms with Crippen molar-refractivity contribution < 1.29 is 0 Å². The molecule has 0 N–H and O–H groups in total. The van der Waals surface area contributed by atoms with Crippen LogP contribution in [0, 0.1) is 5.92 Å². The van der Waals surface area contributed by atoms with Gasteiger partial charge in [0.1, 0.15) is 0 Å². The van der Waals surface area contributed by atoms with Crippen LogP contribution in [0.5, 0.6) is 0 Å². The Morgan fingerprint density at radius 1 is 1.33 bits per heavy atom. The van der Waals surface area contributed by atoms with Crippen LogP contribution < -0.4 is 0 Å². The summed E-state index contributed by atoms with van der Waals surface area (Å²) in [5.74, 6) is 0.610. The second-order valence-corrected chi connectivity index (χ2v) is 3.34. The highest BCUT2D eigenvalue weighted by Gasteiger charge is 2.00. The van der Waals surface area contributed by atoms with Crippen LogP contribution >= 0.6 is 0 Å². The lowest BCUT2D eigenvalue weighted by Gasteiger charge is -2.02. The van der Waals surface area contributed by atoms with E-state index < -0.39 is 0 Å². The standard InChI is InChI=1S/C12H16/c1-10(2)11(3)8-9-12-6-4-5-7-12/h4-8,12H,1,9H2,2-3H3/b11-8+. The second-order valence-electron chi connectivity index (χ2n) is 3.34. The maximum absolute atomic E-state index is 3.90. The lowest BCUT2D eigenvalue weighted by atomic mass is 10.0. The third kappa shape index (κ3) is 2.54. The average molecular weight is 160 g/mol. The highest BCUT2D eigenvalue weighted by atomic mass is 14.1. The van der Waals surface area contributed by atoms with Crippen molar-refractivity contribution in [2.45, 2.75) is 20.3 Å². The number of hydrogen-bond donors (Lipinski definition) is 0. The average Bonchev–Trinajstić information content (AvgIpc) is 2.51. The summed E-state index contributed by atoms with van der Waals surface area (Å²) >= 11 is 0. The lowest BCUT2D eigenvalue weighted by molar-refractivity contribution is 0.839. The molecule has 0 unspecified atom stereocenters. The topological polar surface area (TPSA) is 0 Å². The number of rotatable bonds is 3. The van der Waals surface area contributed by atoms with Crippen LogP contribution in [0.15, 0.2) is 48.1 Å². The molecular weight excluding hydrogens is 144 g/mol. The smallest absolute Gasteiger partial charge is 0.00125 e. The van der Waals surface area contributed by atoms with E-state index in [2.05, 4.69) is 43.9 Å². The Labute approximate surface area is 75.0 Å². The monoisotopic (exact) mass is 160 g/mol. The molecule has 0 aromatic rings. The molecule has 0 saturated carbocycles. The van der Waals surface area contributed by atoms with Gasteiger partial charge in [0.05, 0.1) is 0 Å². The number of hydrogen-bond acceptors (Lipinski definition) is 0. The first-order valence-electron chi connectivity index (χ1n) is 4.38. The Hall–Kier alpha value is -1.04. The SMILES string of the molecule is C=C(C)/C(C)=C/CC1C=CC=C1. The van der Waals surface area contributed by atoms with Gasteiger partial charge >= 0.3 is 0 Å². The maximum Gasteiger partial charge on any atom is -0.00125 e. The molecule has 64 valence electrons. The highest BCUT2D eigenvalue weighted by molar-refractivity contribution is 5.25. The van der Waals surface area contributed by atoms with E-state index in [1.54, 1.807) is 0 Å². The van der Waals surface area contributed by atoms with Crippen molar-refractivity contribution >= 4 is 0 Å². The molecule has 0 spiro atoms. The summed E-state index contributed by atoms with van der Waals surface area (Å²) in [7, 11) is 0. The summed E-state index contributed by atoms with van der Waals surface area (Å²) in [6.45, 7) is 8.06. The van der Waals surface area contributed by atoms with Gasteiger partial charge in [0.2, 0.25) is 0 Å². The van der Waals surface area contributed by atoms with Gasteiger partial charge < -0.3 is 0 Å². The Balaban J connectivity index is 2.43. The first kappa shape index (κ1) is 9.05. The zero-order valence-electron chi connectivity index (χ0n) is 7.88. The predicted octanol–water partition coefficient (Wildman–Crippen LogP) is 3.64. The van der Waals surface area contributed by atoms with Gasteiger partial charge in [0.25, 0.3) is 0 Å². The molecule has 1 rings (SSSR count). The van der Waals surface area contributed by atoms with Gasteiger partial charge in [-0.3, -0.25) is 0 Å². The van der Waals surface area contributed by atoms with Crippen LogP contribution in [0.25, 0.3) is 0 Å². The summed E-state index contributed by atoms with van der Waals surface area (Å²) in [6, 6.07) is 0. The molecule has 0 radical (unpaired) electrons. The highest BCUT2D eigenvalue weighted by Crippen LogP contribution is 2.16. The third-order valence-electron chi connectivity index (χ3n) is 2.20. The van der Waals surface area contributed by atoms with E-state index in [1.807, 2.05) is 6.92 Å². The minimum absolute atomic E-state index is 0.610. The molecule has 0 atom stereocenters. The Bertz CT molecular complexity index is 239. The third-order valence-corrected chi connectivity index (χ3v) is 2.20. The fraction of sp³-hybridized carbons (Fsp3) is 0.333. The maximum atomic E-state index is 3.90. The minimum atomic E-state index is 0.610. The van der Waals surface area contributed by atoms with Gasteiger partial charge in [0.15, 0.2) is 0 Å². The summed E-state index contributed by atoms with van der Waals surface area (Å²) in [4.78, 5) is 0. The van der Waals surface area contributed by atoms with Crippen LogP contribution in [0.4, 0.5) is 0 Å². The van der Waals surface area contributed by atoms with Crippen LogP contribution in [-0.2, 0) is 0 Å². The molecule has 0 amide bonds. The number of allylic oxidation sites excluding steroid dienone is 7. The van der Waals surface area contributed by atoms with Crippen LogP contribution in [-0.4, -0.2) is 0 Å². The first-order valence-corrected chi connectivity index (χ1v) is 4.38. The van der Waals surface area contributed by atoms with Crippen molar-refractivity contribution in [2.75, 3.05) is 0 Å². The molecule has 12 heavy (non-hydrogen) atoms. The van der Waals surface area contributed by atoms with E-state index in [0.717, 1.165) is 6.42 Å². The molecular formula is C12H16. The molecule has 0 heterocycles. The van der Waals surface area contributed by atoms with E-state index in [9.17, 15) is 0 Å². The summed E-state index contributed by atoms with van der Waals surface area (Å²) < 4.78 is 0. The van der Waals surface area contributed by atoms with E-state index >= 15 is 0 Å². The summed E-state index contributed by atoms with van der Waals surface area (Å²) in [5.41, 5.74) is 2.48. The Kier molecular flexibility index (Phi) is 3.09. The van der Waals surface area contributed by atoms with Gasteiger partial charge in [-0.05, 0) is 26.2 Å². The van der Waals surface area contributed by atoms with Crippen molar-refractivity contribution in [1.29, 1.82) is 0 Å². The van der Waals surface area contributed by atoms with Crippen molar-refractivity contribution in [3.63, 3.8) is 0 Å². The van der Waals surface area contributed by atoms with E-state index in [-0.39, 0.29) is 0 Å². The molecule has 0 nitrogen and oxygen atoms in total. The van der Waals surface area contributed by atoms with Gasteiger partial charge in [0, 0.05) is 0 Å². The molecule has 1 aliphatic rings. The van der Waals surface area contributed by atoms with Crippen LogP contribution in [0.1, 0.15) is 20.3 Å². The Morgan fingerprint density at radius 2 is 1.92 bits per heavy atom. The van der Waals surface area contributed by atoms with Crippen molar-refractivity contribution in [3.05, 3.63) is 48.1 Å². The fourth-order valence-electron chi connectivity index (χ4n) is 1.12. The normalized spacial score (nSPS) is 17.3. The van der Waals surface area contributed by atoms with Crippen molar-refractivity contribution in [2.24, 2.45) is 5.92 Å². The Morgan fingerprint density at radius 3 is 2.42 bits per heavy atom. The molecule has 0 saturated heterocycles. The molecule has 0 aromatic carbocycles. The van der Waals surface area contributed by atoms with Crippen molar-refractivity contribution in [1.82, 2.24) is 0 Å². The summed E-state index contributed by atoms with van der Waals surface area (Å²) in [6.07, 6.45) is 12.0. The largest absolute Gasteiger partial charge is 0.0959 e. The van der Waals surface area contributed by atoms with Gasteiger partial charge in [-0.25, -0.2) is 0 Å². The van der Waals surface area contributed by atoms with Gasteiger partial charge in [-0.15, -0.1) is 0 Å². The van der Waals surface area contributed by atoms with Crippen LogP contribution in [0.2, 0.25) is 0 Å². The minimum Gasteiger partial charge on any atom is -0.0959 e. The first-order chi connectivity index (χ1) is 5.70. The van der Waals surface area contributed by atoms with E-state index in [1.165, 1.54) is 11.1 Å². The molecule has 0 fully saturated rings. The van der Waals surface area contributed by atoms with Gasteiger partial charge in [-0.2, -0.15) is 0 Å². The molecule has 1 aliphatic carbocycles.